The fraction of sp³-hybridized carbons (Fsp3) is 0.167. The Morgan fingerprint density at radius 1 is 1.00 bits per heavy atom. The maximum Gasteiger partial charge on any atom is 0.264 e. The van der Waals surface area contributed by atoms with E-state index in [1.165, 1.54) is 68.8 Å². The van der Waals surface area contributed by atoms with Gasteiger partial charge in [0.2, 0.25) is 5.91 Å². The number of aryl methyl sites for hydroxylation is 1. The SMILES string of the molecule is COc1ccc(N(CC(=O)N/N=C\c2cc(C)n(-c3ccc(F)cc3)c2C)S(=O)(=O)c2ccc(NC(C)=O)cc2)cc1. The van der Waals surface area contributed by atoms with Crippen molar-refractivity contribution in [2.24, 2.45) is 5.10 Å². The molecule has 3 aromatic carbocycles. The van der Waals surface area contributed by atoms with Crippen molar-refractivity contribution in [2.75, 3.05) is 23.3 Å². The topological polar surface area (TPSA) is 122 Å². The molecule has 0 unspecified atom stereocenters. The highest BCUT2D eigenvalue weighted by molar-refractivity contribution is 7.92. The third-order valence-corrected chi connectivity index (χ3v) is 8.15. The molecular formula is C30H30FN5O5S. The Bertz CT molecular complexity index is 1720. The lowest BCUT2D eigenvalue weighted by atomic mass is 10.2. The van der Waals surface area contributed by atoms with Gasteiger partial charge in [0.1, 0.15) is 18.1 Å². The minimum Gasteiger partial charge on any atom is -0.497 e. The molecule has 0 aliphatic rings. The van der Waals surface area contributed by atoms with E-state index in [9.17, 15) is 22.4 Å². The number of rotatable bonds is 10. The molecule has 0 saturated carbocycles. The maximum absolute atomic E-state index is 13.7. The highest BCUT2D eigenvalue weighted by Crippen LogP contribution is 2.27. The van der Waals surface area contributed by atoms with Gasteiger partial charge in [0.25, 0.3) is 15.9 Å². The molecule has 4 rings (SSSR count). The number of hydrogen-bond acceptors (Lipinski definition) is 6. The third kappa shape index (κ3) is 6.84. The van der Waals surface area contributed by atoms with E-state index in [2.05, 4.69) is 15.8 Å². The van der Waals surface area contributed by atoms with Gasteiger partial charge in [-0.25, -0.2) is 18.2 Å². The summed E-state index contributed by atoms with van der Waals surface area (Å²) < 4.78 is 48.8. The Morgan fingerprint density at radius 2 is 1.64 bits per heavy atom. The number of carbonyl (C=O) groups is 2. The number of hydrazone groups is 1. The zero-order valence-corrected chi connectivity index (χ0v) is 24.3. The van der Waals surface area contributed by atoms with Gasteiger partial charge in [0, 0.05) is 35.2 Å². The standard InChI is InChI=1S/C30H30FN5O5S/c1-20-17-23(21(2)36(20)27-9-5-24(31)6-10-27)18-32-34-30(38)19-35(26-11-13-28(41-4)14-12-26)42(39,40)29-15-7-25(8-16-29)33-22(3)37/h5-18H,19H2,1-4H3,(H,33,37)(H,34,38)/b32-18-. The van der Waals surface area contributed by atoms with Gasteiger partial charge in [-0.05, 0) is 92.7 Å². The van der Waals surface area contributed by atoms with Crippen molar-refractivity contribution in [1.82, 2.24) is 9.99 Å². The lowest BCUT2D eigenvalue weighted by Crippen LogP contribution is -2.39. The van der Waals surface area contributed by atoms with Crippen LogP contribution in [0.4, 0.5) is 15.8 Å². The number of hydrogen-bond donors (Lipinski definition) is 2. The summed E-state index contributed by atoms with van der Waals surface area (Å²) >= 11 is 0. The average molecular weight is 592 g/mol. The summed E-state index contributed by atoms with van der Waals surface area (Å²) in [7, 11) is -2.71. The molecule has 0 aliphatic carbocycles. The second kappa shape index (κ2) is 12.7. The van der Waals surface area contributed by atoms with E-state index in [0.29, 0.717) is 11.4 Å². The van der Waals surface area contributed by atoms with Crippen LogP contribution in [-0.2, 0) is 19.6 Å². The molecule has 0 atom stereocenters. The number of ether oxygens (including phenoxy) is 1. The summed E-state index contributed by atoms with van der Waals surface area (Å²) in [6.07, 6.45) is 1.47. The molecule has 4 aromatic rings. The molecule has 1 heterocycles. The molecular weight excluding hydrogens is 561 g/mol. The first-order valence-electron chi connectivity index (χ1n) is 12.8. The van der Waals surface area contributed by atoms with Crippen molar-refractivity contribution in [1.29, 1.82) is 0 Å². The van der Waals surface area contributed by atoms with E-state index in [0.717, 1.165) is 26.9 Å². The minimum absolute atomic E-state index is 0.0723. The number of sulfonamides is 1. The van der Waals surface area contributed by atoms with Crippen molar-refractivity contribution in [3.63, 3.8) is 0 Å². The second-order valence-electron chi connectivity index (χ2n) is 9.35. The van der Waals surface area contributed by atoms with Crippen LogP contribution in [0.3, 0.4) is 0 Å². The maximum atomic E-state index is 13.7. The fourth-order valence-corrected chi connectivity index (χ4v) is 5.77. The first-order valence-corrected chi connectivity index (χ1v) is 14.2. The molecule has 0 radical (unpaired) electrons. The van der Waals surface area contributed by atoms with Crippen LogP contribution >= 0.6 is 0 Å². The van der Waals surface area contributed by atoms with Crippen LogP contribution in [0.25, 0.3) is 5.69 Å². The van der Waals surface area contributed by atoms with Crippen LogP contribution < -0.4 is 19.8 Å². The molecule has 0 aliphatic heterocycles. The van der Waals surface area contributed by atoms with Gasteiger partial charge in [-0.15, -0.1) is 0 Å². The summed E-state index contributed by atoms with van der Waals surface area (Å²) in [5.41, 5.74) is 6.28. The van der Waals surface area contributed by atoms with E-state index in [1.807, 2.05) is 24.5 Å². The Kier molecular flexibility index (Phi) is 9.06. The predicted molar refractivity (Wildman–Crippen MR) is 159 cm³/mol. The number of aromatic nitrogens is 1. The van der Waals surface area contributed by atoms with Gasteiger partial charge in [0.15, 0.2) is 0 Å². The van der Waals surface area contributed by atoms with E-state index in [-0.39, 0.29) is 22.3 Å². The number of carbonyl (C=O) groups excluding carboxylic acids is 2. The summed E-state index contributed by atoms with van der Waals surface area (Å²) in [6.45, 7) is 4.55. The van der Waals surface area contributed by atoms with Gasteiger partial charge in [0.05, 0.1) is 23.9 Å². The Hall–Kier alpha value is -4.97. The van der Waals surface area contributed by atoms with Crippen LogP contribution in [0.5, 0.6) is 5.75 Å². The zero-order chi connectivity index (χ0) is 30.4. The number of anilines is 2. The van der Waals surface area contributed by atoms with Gasteiger partial charge < -0.3 is 14.6 Å². The molecule has 1 aromatic heterocycles. The number of nitrogens with one attached hydrogen (secondary N) is 2. The molecule has 42 heavy (non-hydrogen) atoms. The minimum atomic E-state index is -4.20. The van der Waals surface area contributed by atoms with Gasteiger partial charge in [-0.2, -0.15) is 5.10 Å². The lowest BCUT2D eigenvalue weighted by Gasteiger charge is -2.24. The molecule has 0 bridgehead atoms. The molecule has 2 N–H and O–H groups in total. The first-order chi connectivity index (χ1) is 20.0. The van der Waals surface area contributed by atoms with Crippen molar-refractivity contribution in [2.45, 2.75) is 25.7 Å². The average Bonchev–Trinajstić information content (AvgIpc) is 3.24. The van der Waals surface area contributed by atoms with Gasteiger partial charge in [-0.3, -0.25) is 13.9 Å². The quantitative estimate of drug-likeness (QED) is 0.207. The molecule has 0 spiro atoms. The zero-order valence-electron chi connectivity index (χ0n) is 23.5. The van der Waals surface area contributed by atoms with Crippen LogP contribution in [0, 0.1) is 19.7 Å². The summed E-state index contributed by atoms with van der Waals surface area (Å²) in [4.78, 5) is 24.2. The van der Waals surface area contributed by atoms with Crippen LogP contribution in [-0.4, -0.2) is 44.7 Å². The third-order valence-electron chi connectivity index (χ3n) is 6.36. The van der Waals surface area contributed by atoms with Crippen LogP contribution in [0.15, 0.2) is 88.9 Å². The van der Waals surface area contributed by atoms with Crippen molar-refractivity contribution in [3.05, 3.63) is 102 Å². The normalized spacial score (nSPS) is 11.4. The summed E-state index contributed by atoms with van der Waals surface area (Å²) in [6, 6.07) is 19.8. The van der Waals surface area contributed by atoms with Gasteiger partial charge in [-0.1, -0.05) is 0 Å². The van der Waals surface area contributed by atoms with Crippen molar-refractivity contribution < 1.29 is 27.1 Å². The smallest absolute Gasteiger partial charge is 0.264 e. The Balaban J connectivity index is 1.55. The fourth-order valence-electron chi connectivity index (χ4n) is 4.35. The first kappa shape index (κ1) is 30.0. The van der Waals surface area contributed by atoms with Crippen molar-refractivity contribution >= 4 is 39.4 Å². The highest BCUT2D eigenvalue weighted by atomic mass is 32.2. The number of halogens is 1. The highest BCUT2D eigenvalue weighted by Gasteiger charge is 2.27. The number of nitrogens with zero attached hydrogens (tertiary/aromatic N) is 3. The van der Waals surface area contributed by atoms with Crippen molar-refractivity contribution in [3.8, 4) is 11.4 Å². The number of amides is 2. The van der Waals surface area contributed by atoms with Gasteiger partial charge >= 0.3 is 0 Å². The summed E-state index contributed by atoms with van der Waals surface area (Å²) in [5, 5.41) is 6.64. The van der Waals surface area contributed by atoms with E-state index < -0.39 is 22.5 Å². The van der Waals surface area contributed by atoms with Crippen LogP contribution in [0.2, 0.25) is 0 Å². The molecule has 0 fully saturated rings. The number of benzene rings is 3. The van der Waals surface area contributed by atoms with Crippen LogP contribution in [0.1, 0.15) is 23.9 Å². The Labute approximate surface area is 243 Å². The summed E-state index contributed by atoms with van der Waals surface area (Å²) in [5.74, 6) is -0.783. The molecule has 10 nitrogen and oxygen atoms in total. The predicted octanol–water partition coefficient (Wildman–Crippen LogP) is 4.55. The second-order valence-corrected chi connectivity index (χ2v) is 11.2. The molecule has 218 valence electrons. The molecule has 0 saturated heterocycles. The van der Waals surface area contributed by atoms with E-state index in [1.54, 1.807) is 24.3 Å². The molecule has 12 heteroatoms. The van der Waals surface area contributed by atoms with E-state index in [4.69, 9.17) is 4.74 Å². The Morgan fingerprint density at radius 3 is 2.24 bits per heavy atom. The van der Waals surface area contributed by atoms with E-state index >= 15 is 0 Å². The number of methoxy groups -OCH3 is 1. The molecule has 2 amide bonds. The lowest BCUT2D eigenvalue weighted by molar-refractivity contribution is -0.119. The largest absolute Gasteiger partial charge is 0.497 e. The monoisotopic (exact) mass is 591 g/mol.